The second-order valence-electron chi connectivity index (χ2n) is 4.98. The van der Waals surface area contributed by atoms with Crippen LogP contribution in [-0.2, 0) is 4.79 Å². The van der Waals surface area contributed by atoms with E-state index < -0.39 is 0 Å². The maximum atomic E-state index is 11.8. The van der Waals surface area contributed by atoms with Crippen molar-refractivity contribution in [1.82, 2.24) is 10.4 Å². The van der Waals surface area contributed by atoms with Gasteiger partial charge in [-0.1, -0.05) is 17.7 Å². The van der Waals surface area contributed by atoms with E-state index in [1.54, 1.807) is 6.20 Å². The van der Waals surface area contributed by atoms with Crippen LogP contribution >= 0.6 is 11.6 Å². The monoisotopic (exact) mass is 330 g/mol. The number of nitrogens with one attached hydrogen (secondary N) is 2. The van der Waals surface area contributed by atoms with Crippen LogP contribution in [0.4, 0.5) is 5.69 Å². The van der Waals surface area contributed by atoms with Gasteiger partial charge in [0.2, 0.25) is 5.91 Å². The molecule has 2 N–H and O–H groups in total. The number of benzene rings is 1. The maximum Gasteiger partial charge on any atom is 0.240 e. The van der Waals surface area contributed by atoms with Crippen molar-refractivity contribution in [2.24, 2.45) is 5.10 Å². The number of halogens is 1. The summed E-state index contributed by atoms with van der Waals surface area (Å²) in [5, 5.41) is 8.00. The lowest BCUT2D eigenvalue weighted by Crippen LogP contribution is -2.20. The van der Waals surface area contributed by atoms with Crippen molar-refractivity contribution in [3.05, 3.63) is 59.4 Å². The molecule has 0 atom stereocenters. The minimum Gasteiger partial charge on any atom is -0.385 e. The van der Waals surface area contributed by atoms with E-state index in [4.69, 9.17) is 11.6 Å². The van der Waals surface area contributed by atoms with E-state index in [1.165, 1.54) is 0 Å². The zero-order valence-corrected chi connectivity index (χ0v) is 13.7. The van der Waals surface area contributed by atoms with Gasteiger partial charge < -0.3 is 5.32 Å². The molecule has 0 aliphatic rings. The fraction of sp³-hybridized carbons (Fsp3) is 0.235. The number of pyridine rings is 1. The first-order valence-electron chi connectivity index (χ1n) is 7.39. The summed E-state index contributed by atoms with van der Waals surface area (Å²) in [5.41, 5.74) is 4.96. The highest BCUT2D eigenvalue weighted by Gasteiger charge is 2.02. The van der Waals surface area contributed by atoms with Crippen LogP contribution in [0.5, 0.6) is 0 Å². The number of carbonyl (C=O) groups excluding carboxylic acids is 1. The van der Waals surface area contributed by atoms with Crippen molar-refractivity contribution >= 4 is 28.9 Å². The molecule has 2 rings (SSSR count). The van der Waals surface area contributed by atoms with E-state index in [-0.39, 0.29) is 5.91 Å². The summed E-state index contributed by atoms with van der Waals surface area (Å²) in [7, 11) is 0. The molecule has 2 aromatic rings. The number of rotatable bonds is 7. The summed E-state index contributed by atoms with van der Waals surface area (Å²) in [4.78, 5) is 15.9. The minimum atomic E-state index is -0.113. The first kappa shape index (κ1) is 17.0. The van der Waals surface area contributed by atoms with Gasteiger partial charge in [-0.25, -0.2) is 5.43 Å². The van der Waals surface area contributed by atoms with Gasteiger partial charge in [0.05, 0.1) is 11.4 Å². The summed E-state index contributed by atoms with van der Waals surface area (Å²) in [6.45, 7) is 2.52. The number of hydrogen-bond donors (Lipinski definition) is 2. The summed E-state index contributed by atoms with van der Waals surface area (Å²) in [6.07, 6.45) is 2.81. The van der Waals surface area contributed by atoms with Crippen LogP contribution in [0.15, 0.2) is 53.8 Å². The molecule has 0 spiro atoms. The van der Waals surface area contributed by atoms with Crippen molar-refractivity contribution in [1.29, 1.82) is 0 Å². The largest absolute Gasteiger partial charge is 0.385 e. The molecule has 5 nitrogen and oxygen atoms in total. The first-order valence-corrected chi connectivity index (χ1v) is 7.77. The fourth-order valence-electron chi connectivity index (χ4n) is 1.89. The lowest BCUT2D eigenvalue weighted by Gasteiger charge is -2.06. The molecule has 1 amide bonds. The van der Waals surface area contributed by atoms with Gasteiger partial charge in [0.1, 0.15) is 0 Å². The number of nitrogens with zero attached hydrogens (tertiary/aromatic N) is 2. The molecule has 0 unspecified atom stereocenters. The Balaban J connectivity index is 1.68. The van der Waals surface area contributed by atoms with Crippen LogP contribution in [-0.4, -0.2) is 23.1 Å². The lowest BCUT2D eigenvalue weighted by atomic mass is 10.2. The predicted molar refractivity (Wildman–Crippen MR) is 93.8 cm³/mol. The van der Waals surface area contributed by atoms with Gasteiger partial charge in [0, 0.05) is 29.9 Å². The van der Waals surface area contributed by atoms with Gasteiger partial charge in [-0.3, -0.25) is 9.78 Å². The molecule has 1 aromatic heterocycles. The number of hydrogen-bond acceptors (Lipinski definition) is 4. The molecule has 1 aromatic carbocycles. The average Bonchev–Trinajstić information content (AvgIpc) is 2.59. The Bertz CT molecular complexity index is 656. The topological polar surface area (TPSA) is 66.4 Å². The zero-order valence-electron chi connectivity index (χ0n) is 12.9. The maximum absolute atomic E-state index is 11.8. The molecular weight excluding hydrogens is 312 g/mol. The molecule has 0 aliphatic carbocycles. The third-order valence-corrected chi connectivity index (χ3v) is 3.39. The Hall–Kier alpha value is -2.40. The van der Waals surface area contributed by atoms with E-state index in [0.717, 1.165) is 11.4 Å². The SMILES string of the molecule is CC(=NNC(=O)CCCNc1ccc(Cl)cc1)c1ccccn1. The fourth-order valence-corrected chi connectivity index (χ4v) is 2.01. The standard InChI is InChI=1S/C17H19ClN4O/c1-13(16-5-2-3-11-20-16)21-22-17(23)6-4-12-19-15-9-7-14(18)8-10-15/h2-3,5,7-11,19H,4,6,12H2,1H3,(H,22,23). The van der Waals surface area contributed by atoms with E-state index >= 15 is 0 Å². The third kappa shape index (κ3) is 6.08. The van der Waals surface area contributed by atoms with Crippen LogP contribution in [0.3, 0.4) is 0 Å². The number of aromatic nitrogens is 1. The van der Waals surface area contributed by atoms with Gasteiger partial charge in [0.25, 0.3) is 0 Å². The van der Waals surface area contributed by atoms with Crippen molar-refractivity contribution < 1.29 is 4.79 Å². The van der Waals surface area contributed by atoms with Crippen molar-refractivity contribution in [2.45, 2.75) is 19.8 Å². The summed E-state index contributed by atoms with van der Waals surface area (Å²) >= 11 is 5.82. The number of hydrazone groups is 1. The van der Waals surface area contributed by atoms with E-state index in [9.17, 15) is 4.79 Å². The second kappa shape index (κ2) is 8.90. The highest BCUT2D eigenvalue weighted by Crippen LogP contribution is 2.13. The average molecular weight is 331 g/mol. The second-order valence-corrected chi connectivity index (χ2v) is 5.42. The first-order chi connectivity index (χ1) is 11.1. The molecule has 0 saturated heterocycles. The van der Waals surface area contributed by atoms with Crippen LogP contribution < -0.4 is 10.7 Å². The lowest BCUT2D eigenvalue weighted by molar-refractivity contribution is -0.121. The Morgan fingerprint density at radius 1 is 1.22 bits per heavy atom. The molecule has 0 bridgehead atoms. The van der Waals surface area contributed by atoms with Gasteiger partial charge in [0.15, 0.2) is 0 Å². The van der Waals surface area contributed by atoms with Gasteiger partial charge in [-0.2, -0.15) is 5.10 Å². The van der Waals surface area contributed by atoms with Crippen LogP contribution in [0, 0.1) is 0 Å². The van der Waals surface area contributed by atoms with Crippen molar-refractivity contribution in [2.75, 3.05) is 11.9 Å². The van der Waals surface area contributed by atoms with Crippen molar-refractivity contribution in [3.8, 4) is 0 Å². The van der Waals surface area contributed by atoms with E-state index in [0.29, 0.717) is 30.1 Å². The Morgan fingerprint density at radius 2 is 2.00 bits per heavy atom. The molecular formula is C17H19ClN4O. The highest BCUT2D eigenvalue weighted by atomic mass is 35.5. The molecule has 1 heterocycles. The van der Waals surface area contributed by atoms with Crippen LogP contribution in [0.1, 0.15) is 25.5 Å². The molecule has 6 heteroatoms. The molecule has 23 heavy (non-hydrogen) atoms. The number of carbonyl (C=O) groups is 1. The Kier molecular flexibility index (Phi) is 6.56. The zero-order chi connectivity index (χ0) is 16.5. The number of anilines is 1. The van der Waals surface area contributed by atoms with E-state index in [2.05, 4.69) is 20.8 Å². The normalized spacial score (nSPS) is 11.1. The minimum absolute atomic E-state index is 0.113. The number of amides is 1. The third-order valence-electron chi connectivity index (χ3n) is 3.14. The molecule has 120 valence electrons. The Morgan fingerprint density at radius 3 is 2.70 bits per heavy atom. The molecule has 0 fully saturated rings. The molecule has 0 saturated carbocycles. The summed E-state index contributed by atoms with van der Waals surface area (Å²) < 4.78 is 0. The van der Waals surface area contributed by atoms with Gasteiger partial charge in [-0.05, 0) is 49.7 Å². The molecule has 0 radical (unpaired) electrons. The van der Waals surface area contributed by atoms with Crippen LogP contribution in [0.2, 0.25) is 5.02 Å². The summed E-state index contributed by atoms with van der Waals surface area (Å²) in [6, 6.07) is 13.0. The quantitative estimate of drug-likeness (QED) is 0.464. The van der Waals surface area contributed by atoms with Gasteiger partial charge in [-0.15, -0.1) is 0 Å². The highest BCUT2D eigenvalue weighted by molar-refractivity contribution is 6.30. The van der Waals surface area contributed by atoms with Crippen LogP contribution in [0.25, 0.3) is 0 Å². The predicted octanol–water partition coefficient (Wildman–Crippen LogP) is 3.47. The Labute approximate surface area is 140 Å². The smallest absolute Gasteiger partial charge is 0.240 e. The van der Waals surface area contributed by atoms with Gasteiger partial charge >= 0.3 is 0 Å². The molecule has 0 aliphatic heterocycles. The summed E-state index contributed by atoms with van der Waals surface area (Å²) in [5.74, 6) is -0.113. The van der Waals surface area contributed by atoms with Crippen molar-refractivity contribution in [3.63, 3.8) is 0 Å². The van der Waals surface area contributed by atoms with E-state index in [1.807, 2.05) is 49.4 Å².